The van der Waals surface area contributed by atoms with Crippen LogP contribution in [0.15, 0.2) is 79.8 Å². The molecule has 1 aromatic carbocycles. The molecule has 0 saturated heterocycles. The number of aromatic nitrogens is 10. The number of alkyl halides is 3. The fourth-order valence-corrected chi connectivity index (χ4v) is 5.04. The van der Waals surface area contributed by atoms with Crippen molar-refractivity contribution in [3.05, 3.63) is 108 Å². The number of pyridine rings is 2. The summed E-state index contributed by atoms with van der Waals surface area (Å²) >= 11 is 6.10. The van der Waals surface area contributed by atoms with Crippen LogP contribution in [0.25, 0.3) is 27.9 Å². The topological polar surface area (TPSA) is 125 Å². The van der Waals surface area contributed by atoms with Gasteiger partial charge in [0.05, 0.1) is 46.9 Å². The van der Waals surface area contributed by atoms with Gasteiger partial charge in [-0.05, 0) is 52.4 Å². The average molecular weight is 642 g/mol. The first-order valence-electron chi connectivity index (χ1n) is 13.2. The van der Waals surface area contributed by atoms with Crippen molar-refractivity contribution in [3.8, 4) is 27.9 Å². The molecule has 0 radical (unpaired) electrons. The van der Waals surface area contributed by atoms with E-state index < -0.39 is 23.7 Å². The predicted molar refractivity (Wildman–Crippen MR) is 148 cm³/mol. The van der Waals surface area contributed by atoms with E-state index in [2.05, 4.69) is 30.7 Å². The Bertz CT molecular complexity index is 1960. The van der Waals surface area contributed by atoms with Crippen LogP contribution in [0.2, 0.25) is 5.02 Å². The lowest BCUT2D eigenvalue weighted by Crippen LogP contribution is -2.39. The summed E-state index contributed by atoms with van der Waals surface area (Å²) in [6, 6.07) is 9.45. The molecule has 5 aromatic heterocycles. The SMILES string of the molecule is COCc1ccnn1CC(c1ccc(-c2c(-n3cnnn3)ccc(Cl)c2F)c[n+]1O)n1cc(-c2ccnc(C(F)(F)F)c2)cn1. The minimum atomic E-state index is -4.62. The van der Waals surface area contributed by atoms with Gasteiger partial charge in [0.2, 0.25) is 6.20 Å². The fourth-order valence-electron chi connectivity index (χ4n) is 4.88. The van der Waals surface area contributed by atoms with Gasteiger partial charge >= 0.3 is 6.18 Å². The molecule has 230 valence electrons. The van der Waals surface area contributed by atoms with Crippen LogP contribution in [-0.4, -0.2) is 57.1 Å². The standard InChI is InChI=1S/C28H22ClF4N10O2/c1-45-15-20-7-9-36-40(20)14-24(41-12-19(11-37-41)17-6-8-34-25(10-17)28(31,32)33)22-4-2-18(13-43(22)44)26-23(42-16-35-38-39-42)5-3-21(29)27(26)30/h2-13,16,24,44H,14-15H2,1H3/q+1. The van der Waals surface area contributed by atoms with E-state index in [9.17, 15) is 18.4 Å². The maximum atomic E-state index is 15.4. The van der Waals surface area contributed by atoms with Gasteiger partial charge in [-0.25, -0.2) is 4.39 Å². The molecule has 45 heavy (non-hydrogen) atoms. The summed E-state index contributed by atoms with van der Waals surface area (Å²) in [5, 5.41) is 31.0. The van der Waals surface area contributed by atoms with Crippen molar-refractivity contribution in [1.29, 1.82) is 0 Å². The van der Waals surface area contributed by atoms with Crippen molar-refractivity contribution in [1.82, 2.24) is 44.8 Å². The van der Waals surface area contributed by atoms with E-state index in [-0.39, 0.29) is 40.6 Å². The summed E-state index contributed by atoms with van der Waals surface area (Å²) in [5.41, 5.74) is 1.19. The maximum Gasteiger partial charge on any atom is 0.433 e. The molecule has 0 amide bonds. The average Bonchev–Trinajstić information content (AvgIpc) is 3.81. The third-order valence-corrected chi connectivity index (χ3v) is 7.30. The number of halogens is 5. The molecule has 12 nitrogen and oxygen atoms in total. The summed E-state index contributed by atoms with van der Waals surface area (Å²) in [4.78, 5) is 3.42. The lowest BCUT2D eigenvalue weighted by Gasteiger charge is -2.17. The Balaban J connectivity index is 1.43. The van der Waals surface area contributed by atoms with Gasteiger partial charge in [0.1, 0.15) is 12.0 Å². The van der Waals surface area contributed by atoms with E-state index in [0.717, 1.165) is 22.7 Å². The number of hydrogen-bond acceptors (Lipinski definition) is 8. The molecular formula is C28H22ClF4N10O2+. The van der Waals surface area contributed by atoms with Crippen LogP contribution < -0.4 is 4.73 Å². The number of methoxy groups -OCH3 is 1. The first kappa shape index (κ1) is 29.8. The van der Waals surface area contributed by atoms with Gasteiger partial charge in [-0.15, -0.1) is 5.10 Å². The molecule has 0 fully saturated rings. The zero-order valence-electron chi connectivity index (χ0n) is 23.2. The molecule has 0 aliphatic heterocycles. The Morgan fingerprint density at radius 1 is 1.04 bits per heavy atom. The second-order valence-corrected chi connectivity index (χ2v) is 10.2. The van der Waals surface area contributed by atoms with E-state index in [1.807, 2.05) is 0 Å². The minimum Gasteiger partial charge on any atom is -0.378 e. The maximum absolute atomic E-state index is 15.4. The fraction of sp³-hybridized carbons (Fsp3) is 0.179. The summed E-state index contributed by atoms with van der Waals surface area (Å²) in [7, 11) is 1.54. The van der Waals surface area contributed by atoms with Crippen LogP contribution in [0.5, 0.6) is 0 Å². The van der Waals surface area contributed by atoms with Crippen LogP contribution >= 0.6 is 11.6 Å². The minimum absolute atomic E-state index is 0.0367. The second kappa shape index (κ2) is 12.0. The molecule has 6 aromatic rings. The molecule has 0 aliphatic rings. The van der Waals surface area contributed by atoms with Crippen molar-refractivity contribution >= 4 is 11.6 Å². The largest absolute Gasteiger partial charge is 0.433 e. The Labute approximate surface area is 256 Å². The van der Waals surface area contributed by atoms with Crippen molar-refractivity contribution in [2.45, 2.75) is 25.4 Å². The van der Waals surface area contributed by atoms with Crippen LogP contribution in [0.4, 0.5) is 17.6 Å². The monoisotopic (exact) mass is 641 g/mol. The Hall–Kier alpha value is -5.22. The van der Waals surface area contributed by atoms with E-state index >= 15 is 4.39 Å². The van der Waals surface area contributed by atoms with Gasteiger partial charge in [-0.3, -0.25) is 19.6 Å². The van der Waals surface area contributed by atoms with Gasteiger partial charge in [0.25, 0.3) is 5.69 Å². The predicted octanol–water partition coefficient (Wildman–Crippen LogP) is 4.56. The molecular weight excluding hydrogens is 620 g/mol. The summed E-state index contributed by atoms with van der Waals surface area (Å²) in [6.45, 7) is 0.388. The zero-order valence-corrected chi connectivity index (χ0v) is 24.0. The van der Waals surface area contributed by atoms with Crippen LogP contribution in [0.1, 0.15) is 23.1 Å². The molecule has 6 rings (SSSR count). The third kappa shape index (κ3) is 5.97. The van der Waals surface area contributed by atoms with E-state index in [0.29, 0.717) is 11.3 Å². The normalized spacial score (nSPS) is 12.5. The first-order valence-corrected chi connectivity index (χ1v) is 13.6. The number of benzene rings is 1. The van der Waals surface area contributed by atoms with Gasteiger partial charge in [0.15, 0.2) is 11.9 Å². The quantitative estimate of drug-likeness (QED) is 0.138. The second-order valence-electron chi connectivity index (χ2n) is 9.79. The van der Waals surface area contributed by atoms with Crippen LogP contribution in [-0.2, 0) is 24.1 Å². The van der Waals surface area contributed by atoms with E-state index in [4.69, 9.17) is 16.3 Å². The molecule has 0 aliphatic carbocycles. The Morgan fingerprint density at radius 3 is 2.62 bits per heavy atom. The highest BCUT2D eigenvalue weighted by atomic mass is 35.5. The smallest absolute Gasteiger partial charge is 0.378 e. The number of hydrogen-bond donors (Lipinski definition) is 1. The van der Waals surface area contributed by atoms with Gasteiger partial charge in [-0.2, -0.15) is 28.1 Å². The lowest BCUT2D eigenvalue weighted by atomic mass is 10.0. The summed E-state index contributed by atoms with van der Waals surface area (Å²) in [5.74, 6) is -0.748. The van der Waals surface area contributed by atoms with Crippen molar-refractivity contribution in [2.24, 2.45) is 0 Å². The highest BCUT2D eigenvalue weighted by molar-refractivity contribution is 6.31. The number of nitrogens with zero attached hydrogens (tertiary/aromatic N) is 10. The highest BCUT2D eigenvalue weighted by Gasteiger charge is 2.33. The molecule has 0 spiro atoms. The molecule has 0 saturated carbocycles. The van der Waals surface area contributed by atoms with Crippen LogP contribution in [0, 0.1) is 5.82 Å². The van der Waals surface area contributed by atoms with Crippen LogP contribution in [0.3, 0.4) is 0 Å². The van der Waals surface area contributed by atoms with Crippen molar-refractivity contribution in [3.63, 3.8) is 0 Å². The molecule has 5 heterocycles. The summed E-state index contributed by atoms with van der Waals surface area (Å²) < 4.78 is 65.9. The molecule has 0 bridgehead atoms. The summed E-state index contributed by atoms with van der Waals surface area (Å²) in [6.07, 6.45) is 3.61. The molecule has 1 N–H and O–H groups in total. The number of tetrazole rings is 1. The molecule has 1 unspecified atom stereocenters. The van der Waals surface area contributed by atoms with Gasteiger partial charge in [-0.1, -0.05) is 11.6 Å². The zero-order chi connectivity index (χ0) is 31.7. The van der Waals surface area contributed by atoms with Gasteiger partial charge < -0.3 is 4.74 Å². The van der Waals surface area contributed by atoms with Crippen molar-refractivity contribution < 1.29 is 32.2 Å². The van der Waals surface area contributed by atoms with E-state index in [1.165, 1.54) is 47.3 Å². The molecule has 17 heteroatoms. The third-order valence-electron chi connectivity index (χ3n) is 7.01. The lowest BCUT2D eigenvalue weighted by molar-refractivity contribution is -0.910. The Kier molecular flexibility index (Phi) is 7.99. The number of rotatable bonds is 9. The number of ether oxygens (including phenoxy) is 1. The molecule has 1 atom stereocenters. The van der Waals surface area contributed by atoms with E-state index in [1.54, 1.807) is 41.3 Å². The Morgan fingerprint density at radius 2 is 1.89 bits per heavy atom. The first-order chi connectivity index (χ1) is 21.6. The van der Waals surface area contributed by atoms with Crippen molar-refractivity contribution in [2.75, 3.05) is 7.11 Å². The highest BCUT2D eigenvalue weighted by Crippen LogP contribution is 2.34. The van der Waals surface area contributed by atoms with Gasteiger partial charge in [0, 0.05) is 42.1 Å².